The van der Waals surface area contributed by atoms with Gasteiger partial charge in [-0.25, -0.2) is 0 Å². The Balaban J connectivity index is 1.97. The highest BCUT2D eigenvalue weighted by Crippen LogP contribution is 2.52. The number of aliphatic carboxylic acids is 2. The largest absolute Gasteiger partial charge is 0.496 e. The monoisotopic (exact) mass is 454 g/mol. The maximum atomic E-state index is 13.6. The van der Waals surface area contributed by atoms with Gasteiger partial charge in [-0.3, -0.25) is 29.4 Å². The molecule has 4 rings (SSSR count). The van der Waals surface area contributed by atoms with Crippen molar-refractivity contribution in [3.8, 4) is 5.75 Å². The molecule has 0 aromatic heterocycles. The number of benzene rings is 2. The first-order valence-electron chi connectivity index (χ1n) is 10.6. The number of nitrogens with zero attached hydrogens (tertiary/aromatic N) is 1. The topological polar surface area (TPSA) is 133 Å². The minimum atomic E-state index is -2.13. The zero-order valence-corrected chi connectivity index (χ0v) is 18.8. The van der Waals surface area contributed by atoms with Crippen LogP contribution in [-0.4, -0.2) is 57.1 Å². The molecule has 0 bridgehead atoms. The van der Waals surface area contributed by atoms with Gasteiger partial charge in [0.1, 0.15) is 11.3 Å². The smallest absolute Gasteiger partial charge is 0.325 e. The summed E-state index contributed by atoms with van der Waals surface area (Å²) in [4.78, 5) is 52.4. The number of likely N-dealkylation sites (tertiary alicyclic amines) is 1. The number of carboxylic acid groups (broad SMARTS) is 2. The standard InChI is InChI=1S/C24H26N2O7/c1-23(2,3)26-20(29)17-18(21(26)30)24(22(31)32,11-16(27)28)25-19(17)14-9-10-15(33-4)13-8-6-5-7-12(13)14/h5-10,17-19,25H,11H2,1-4H3,(H,27,28)(H,31,32). The molecule has 0 saturated carbocycles. The summed E-state index contributed by atoms with van der Waals surface area (Å²) in [5.74, 6) is -5.86. The van der Waals surface area contributed by atoms with Gasteiger partial charge in [-0.15, -0.1) is 0 Å². The average molecular weight is 454 g/mol. The molecular formula is C24H26N2O7. The molecule has 0 spiro atoms. The van der Waals surface area contributed by atoms with Gasteiger partial charge in [-0.2, -0.15) is 0 Å². The van der Waals surface area contributed by atoms with Gasteiger partial charge in [-0.1, -0.05) is 30.3 Å². The van der Waals surface area contributed by atoms with Crippen molar-refractivity contribution in [2.24, 2.45) is 11.8 Å². The lowest BCUT2D eigenvalue weighted by Gasteiger charge is -2.34. The van der Waals surface area contributed by atoms with Crippen molar-refractivity contribution >= 4 is 34.5 Å². The number of imide groups is 1. The Morgan fingerprint density at radius 2 is 1.70 bits per heavy atom. The molecule has 2 aliphatic heterocycles. The van der Waals surface area contributed by atoms with E-state index in [9.17, 15) is 29.4 Å². The number of methoxy groups -OCH3 is 1. The number of nitrogens with one attached hydrogen (secondary N) is 1. The molecule has 0 radical (unpaired) electrons. The summed E-state index contributed by atoms with van der Waals surface area (Å²) in [5.41, 5.74) is -2.42. The number of carbonyl (C=O) groups is 4. The van der Waals surface area contributed by atoms with E-state index in [1.54, 1.807) is 32.9 Å². The Labute approximate surface area is 190 Å². The lowest BCUT2D eigenvalue weighted by atomic mass is 9.77. The van der Waals surface area contributed by atoms with Crippen molar-refractivity contribution in [3.63, 3.8) is 0 Å². The Morgan fingerprint density at radius 1 is 1.06 bits per heavy atom. The van der Waals surface area contributed by atoms with E-state index in [0.717, 1.165) is 15.7 Å². The van der Waals surface area contributed by atoms with Crippen molar-refractivity contribution in [1.82, 2.24) is 10.2 Å². The minimum Gasteiger partial charge on any atom is -0.496 e. The van der Waals surface area contributed by atoms with Gasteiger partial charge in [0.2, 0.25) is 11.8 Å². The number of ether oxygens (including phenoxy) is 1. The molecule has 2 heterocycles. The third kappa shape index (κ3) is 3.26. The van der Waals surface area contributed by atoms with Gasteiger partial charge in [0.05, 0.1) is 25.4 Å². The average Bonchev–Trinajstić information content (AvgIpc) is 3.20. The molecule has 174 valence electrons. The number of carboxylic acids is 2. The fraction of sp³-hybridized carbons (Fsp3) is 0.417. The molecule has 33 heavy (non-hydrogen) atoms. The summed E-state index contributed by atoms with van der Waals surface area (Å²) in [6.45, 7) is 5.07. The van der Waals surface area contributed by atoms with Crippen LogP contribution in [0.4, 0.5) is 0 Å². The zero-order chi connectivity index (χ0) is 24.3. The highest BCUT2D eigenvalue weighted by atomic mass is 16.5. The van der Waals surface area contributed by atoms with Crippen molar-refractivity contribution in [2.45, 2.75) is 44.3 Å². The maximum absolute atomic E-state index is 13.6. The Hall–Kier alpha value is -3.46. The van der Waals surface area contributed by atoms with Crippen molar-refractivity contribution in [1.29, 1.82) is 0 Å². The minimum absolute atomic E-state index is 0.511. The van der Waals surface area contributed by atoms with E-state index in [1.807, 2.05) is 24.3 Å². The second-order valence-corrected chi connectivity index (χ2v) is 9.56. The van der Waals surface area contributed by atoms with Crippen LogP contribution in [0.1, 0.15) is 38.8 Å². The van der Waals surface area contributed by atoms with Gasteiger partial charge in [-0.05, 0) is 37.8 Å². The molecule has 4 unspecified atom stereocenters. The molecule has 0 aliphatic carbocycles. The third-order valence-corrected chi connectivity index (χ3v) is 6.61. The van der Waals surface area contributed by atoms with Crippen LogP contribution < -0.4 is 10.1 Å². The summed E-state index contributed by atoms with van der Waals surface area (Å²) in [5, 5.41) is 24.1. The molecular weight excluding hydrogens is 428 g/mol. The molecule has 9 nitrogen and oxygen atoms in total. The van der Waals surface area contributed by atoms with E-state index in [-0.39, 0.29) is 0 Å². The quantitative estimate of drug-likeness (QED) is 0.586. The first kappa shape index (κ1) is 22.7. The molecule has 2 saturated heterocycles. The fourth-order valence-corrected chi connectivity index (χ4v) is 5.35. The number of carbonyl (C=O) groups excluding carboxylic acids is 2. The van der Waals surface area contributed by atoms with Crippen LogP contribution in [-0.2, 0) is 19.2 Å². The number of amides is 2. The van der Waals surface area contributed by atoms with Crippen molar-refractivity contribution < 1.29 is 34.1 Å². The van der Waals surface area contributed by atoms with Gasteiger partial charge in [0, 0.05) is 17.0 Å². The summed E-state index contributed by atoms with van der Waals surface area (Å²) in [6, 6.07) is 9.87. The van der Waals surface area contributed by atoms with Crippen molar-refractivity contribution in [2.75, 3.05) is 7.11 Å². The van der Waals surface area contributed by atoms with Crippen LogP contribution in [0.3, 0.4) is 0 Å². The molecule has 2 aromatic rings. The van der Waals surface area contributed by atoms with Crippen LogP contribution in [0.15, 0.2) is 36.4 Å². The lowest BCUT2D eigenvalue weighted by Crippen LogP contribution is -2.58. The Kier molecular flexibility index (Phi) is 5.20. The molecule has 4 atom stereocenters. The first-order chi connectivity index (χ1) is 15.4. The van der Waals surface area contributed by atoms with Crippen LogP contribution in [0.5, 0.6) is 5.75 Å². The lowest BCUT2D eigenvalue weighted by molar-refractivity contribution is -0.157. The first-order valence-corrected chi connectivity index (χ1v) is 10.6. The van der Waals surface area contributed by atoms with Crippen LogP contribution in [0.2, 0.25) is 0 Å². The highest BCUT2D eigenvalue weighted by molar-refractivity contribution is 6.11. The van der Waals surface area contributed by atoms with Crippen LogP contribution in [0, 0.1) is 11.8 Å². The molecule has 3 N–H and O–H groups in total. The second-order valence-electron chi connectivity index (χ2n) is 9.56. The van der Waals surface area contributed by atoms with E-state index in [1.165, 1.54) is 7.11 Å². The number of hydrogen-bond donors (Lipinski definition) is 3. The zero-order valence-electron chi connectivity index (χ0n) is 18.8. The predicted molar refractivity (Wildman–Crippen MR) is 118 cm³/mol. The normalized spacial score (nSPS) is 27.2. The van der Waals surface area contributed by atoms with Gasteiger partial charge in [0.25, 0.3) is 0 Å². The molecule has 2 aliphatic rings. The maximum Gasteiger partial charge on any atom is 0.325 e. The van der Waals surface area contributed by atoms with Gasteiger partial charge < -0.3 is 14.9 Å². The van der Waals surface area contributed by atoms with Crippen LogP contribution in [0.25, 0.3) is 10.8 Å². The summed E-state index contributed by atoms with van der Waals surface area (Å²) in [7, 11) is 1.54. The van der Waals surface area contributed by atoms with Gasteiger partial charge in [0.15, 0.2) is 0 Å². The number of fused-ring (bicyclic) bond motifs is 2. The second kappa shape index (κ2) is 7.55. The molecule has 2 amide bonds. The fourth-order valence-electron chi connectivity index (χ4n) is 5.35. The van der Waals surface area contributed by atoms with Gasteiger partial charge >= 0.3 is 11.9 Å². The third-order valence-electron chi connectivity index (χ3n) is 6.61. The molecule has 9 heteroatoms. The van der Waals surface area contributed by atoms with E-state index in [0.29, 0.717) is 11.3 Å². The Bertz CT molecular complexity index is 1190. The van der Waals surface area contributed by atoms with E-state index in [2.05, 4.69) is 5.32 Å². The van der Waals surface area contributed by atoms with E-state index < -0.39 is 59.1 Å². The van der Waals surface area contributed by atoms with Crippen LogP contribution >= 0.6 is 0 Å². The Morgan fingerprint density at radius 3 is 2.24 bits per heavy atom. The summed E-state index contributed by atoms with van der Waals surface area (Å²) < 4.78 is 5.44. The summed E-state index contributed by atoms with van der Waals surface area (Å²) in [6.07, 6.45) is -0.842. The summed E-state index contributed by atoms with van der Waals surface area (Å²) >= 11 is 0. The molecule has 2 fully saturated rings. The number of rotatable bonds is 5. The van der Waals surface area contributed by atoms with E-state index in [4.69, 9.17) is 4.74 Å². The molecule has 2 aromatic carbocycles. The predicted octanol–water partition coefficient (Wildman–Crippen LogP) is 2.19. The van der Waals surface area contributed by atoms with E-state index >= 15 is 0 Å². The number of hydrogen-bond acceptors (Lipinski definition) is 6. The SMILES string of the molecule is COc1ccc(C2NC(CC(=O)O)(C(=O)O)C3C(=O)N(C(C)(C)C)C(=O)C23)c2ccccc12. The highest BCUT2D eigenvalue weighted by Gasteiger charge is 2.70. The van der Waals surface area contributed by atoms with Crippen molar-refractivity contribution in [3.05, 3.63) is 42.0 Å².